The van der Waals surface area contributed by atoms with Crippen LogP contribution in [0.5, 0.6) is 0 Å². The first kappa shape index (κ1) is 23.5. The summed E-state index contributed by atoms with van der Waals surface area (Å²) in [6, 6.07) is 6.06. The number of guanidine groups is 1. The van der Waals surface area contributed by atoms with Crippen LogP contribution in [-0.2, 0) is 4.74 Å². The Morgan fingerprint density at radius 1 is 1.28 bits per heavy atom. The lowest BCUT2D eigenvalue weighted by Crippen LogP contribution is -2.53. The van der Waals surface area contributed by atoms with Crippen molar-refractivity contribution in [3.05, 3.63) is 24.4 Å². The van der Waals surface area contributed by atoms with Crippen LogP contribution >= 0.6 is 24.0 Å². The van der Waals surface area contributed by atoms with Crippen molar-refractivity contribution in [1.29, 1.82) is 0 Å². The van der Waals surface area contributed by atoms with Crippen molar-refractivity contribution in [2.45, 2.75) is 32.7 Å². The van der Waals surface area contributed by atoms with Gasteiger partial charge in [-0.05, 0) is 44.7 Å². The molecule has 1 saturated carbocycles. The number of aromatic nitrogens is 1. The third-order valence-electron chi connectivity index (χ3n) is 5.09. The Morgan fingerprint density at radius 3 is 2.62 bits per heavy atom. The SMILES string of the molecule is CCNC(=NCC(NC(=O)OCC)C1CC1)N1CCN(c2ccccn2)CC1.I. The number of aliphatic imine (C=N–C) groups is 1. The Kier molecular flexibility index (Phi) is 9.75. The van der Waals surface area contributed by atoms with Gasteiger partial charge in [0.1, 0.15) is 5.82 Å². The highest BCUT2D eigenvalue weighted by molar-refractivity contribution is 14.0. The molecule has 2 heterocycles. The summed E-state index contributed by atoms with van der Waals surface area (Å²) < 4.78 is 5.04. The van der Waals surface area contributed by atoms with Gasteiger partial charge in [-0.15, -0.1) is 24.0 Å². The number of hydrogen-bond acceptors (Lipinski definition) is 5. The number of pyridine rings is 1. The molecule has 0 bridgehead atoms. The number of rotatable bonds is 7. The Hall–Kier alpha value is -1.78. The third kappa shape index (κ3) is 7.20. The van der Waals surface area contributed by atoms with Crippen LogP contribution in [0.2, 0.25) is 0 Å². The van der Waals surface area contributed by atoms with E-state index in [1.807, 2.05) is 25.3 Å². The number of anilines is 1. The number of halogens is 1. The van der Waals surface area contributed by atoms with Gasteiger partial charge in [-0.1, -0.05) is 6.07 Å². The normalized spacial score (nSPS) is 17.9. The van der Waals surface area contributed by atoms with Gasteiger partial charge >= 0.3 is 6.09 Å². The molecule has 162 valence electrons. The first-order valence-corrected chi connectivity index (χ1v) is 10.3. The average molecular weight is 516 g/mol. The zero-order valence-electron chi connectivity index (χ0n) is 17.3. The quantitative estimate of drug-likeness (QED) is 0.329. The molecule has 2 aliphatic rings. The number of amides is 1. The fraction of sp³-hybridized carbons (Fsp3) is 0.650. The summed E-state index contributed by atoms with van der Waals surface area (Å²) in [4.78, 5) is 25.7. The molecule has 3 rings (SSSR count). The molecule has 1 aromatic rings. The van der Waals surface area contributed by atoms with Crippen molar-refractivity contribution in [3.8, 4) is 0 Å². The molecule has 0 aromatic carbocycles. The van der Waals surface area contributed by atoms with Crippen LogP contribution in [0.25, 0.3) is 0 Å². The van der Waals surface area contributed by atoms with Gasteiger partial charge < -0.3 is 25.2 Å². The molecule has 1 amide bonds. The summed E-state index contributed by atoms with van der Waals surface area (Å²) in [5.41, 5.74) is 0. The number of nitrogens with zero attached hydrogens (tertiary/aromatic N) is 4. The molecule has 1 atom stereocenters. The molecule has 0 radical (unpaired) electrons. The summed E-state index contributed by atoms with van der Waals surface area (Å²) in [6.07, 6.45) is 3.78. The maximum absolute atomic E-state index is 11.8. The van der Waals surface area contributed by atoms with Crippen LogP contribution in [0.4, 0.5) is 10.6 Å². The predicted octanol–water partition coefficient (Wildman–Crippen LogP) is 2.31. The second kappa shape index (κ2) is 12.0. The van der Waals surface area contributed by atoms with Crippen LogP contribution in [-0.4, -0.2) is 73.9 Å². The highest BCUT2D eigenvalue weighted by Crippen LogP contribution is 2.32. The highest BCUT2D eigenvalue weighted by atomic mass is 127. The van der Waals surface area contributed by atoms with E-state index in [1.54, 1.807) is 0 Å². The van der Waals surface area contributed by atoms with Crippen LogP contribution in [0.3, 0.4) is 0 Å². The summed E-state index contributed by atoms with van der Waals surface area (Å²) in [5.74, 6) is 2.45. The molecule has 1 aliphatic carbocycles. The van der Waals surface area contributed by atoms with Gasteiger partial charge in [0.05, 0.1) is 19.2 Å². The van der Waals surface area contributed by atoms with Crippen molar-refractivity contribution in [2.75, 3.05) is 50.8 Å². The van der Waals surface area contributed by atoms with Gasteiger partial charge in [-0.3, -0.25) is 4.99 Å². The van der Waals surface area contributed by atoms with Crippen molar-refractivity contribution >= 4 is 41.8 Å². The largest absolute Gasteiger partial charge is 0.450 e. The molecule has 9 heteroatoms. The van der Waals surface area contributed by atoms with E-state index in [1.165, 1.54) is 0 Å². The molecule has 29 heavy (non-hydrogen) atoms. The van der Waals surface area contributed by atoms with Crippen LogP contribution in [0.1, 0.15) is 26.7 Å². The topological polar surface area (TPSA) is 82.1 Å². The molecule has 1 aromatic heterocycles. The van der Waals surface area contributed by atoms with E-state index >= 15 is 0 Å². The standard InChI is InChI=1S/C20H32N6O2.HI/c1-3-21-19(23-15-17(16-8-9-16)24-20(27)28-4-2)26-13-11-25(12-14-26)18-7-5-6-10-22-18;/h5-7,10,16-17H,3-4,8-9,11-15H2,1-2H3,(H,21,23)(H,24,27);1H. The summed E-state index contributed by atoms with van der Waals surface area (Å²) in [7, 11) is 0. The Labute approximate surface area is 190 Å². The van der Waals surface area contributed by atoms with Gasteiger partial charge in [0.25, 0.3) is 0 Å². The molecular weight excluding hydrogens is 483 g/mol. The lowest BCUT2D eigenvalue weighted by Gasteiger charge is -2.37. The fourth-order valence-corrected chi connectivity index (χ4v) is 3.43. The molecule has 1 unspecified atom stereocenters. The minimum Gasteiger partial charge on any atom is -0.450 e. The average Bonchev–Trinajstić information content (AvgIpc) is 3.56. The number of nitrogens with one attached hydrogen (secondary N) is 2. The van der Waals surface area contributed by atoms with Crippen LogP contribution in [0.15, 0.2) is 29.4 Å². The van der Waals surface area contributed by atoms with Gasteiger partial charge in [0.2, 0.25) is 0 Å². The van der Waals surface area contributed by atoms with Crippen molar-refractivity contribution in [2.24, 2.45) is 10.9 Å². The highest BCUT2D eigenvalue weighted by Gasteiger charge is 2.33. The number of carbonyl (C=O) groups excluding carboxylic acids is 1. The summed E-state index contributed by atoms with van der Waals surface area (Å²) >= 11 is 0. The van der Waals surface area contributed by atoms with Gasteiger partial charge in [0, 0.05) is 38.9 Å². The Morgan fingerprint density at radius 2 is 2.03 bits per heavy atom. The smallest absolute Gasteiger partial charge is 0.407 e. The van der Waals surface area contributed by atoms with E-state index in [-0.39, 0.29) is 36.1 Å². The van der Waals surface area contributed by atoms with E-state index in [9.17, 15) is 4.79 Å². The molecule has 1 aliphatic heterocycles. The number of piperazine rings is 1. The predicted molar refractivity (Wildman–Crippen MR) is 126 cm³/mol. The van der Waals surface area contributed by atoms with Gasteiger partial charge in [-0.25, -0.2) is 9.78 Å². The Balaban J connectivity index is 0.00000300. The lowest BCUT2D eigenvalue weighted by atomic mass is 10.2. The second-order valence-electron chi connectivity index (χ2n) is 7.17. The lowest BCUT2D eigenvalue weighted by molar-refractivity contribution is 0.147. The summed E-state index contributed by atoms with van der Waals surface area (Å²) in [5, 5.41) is 6.38. The number of carbonyl (C=O) groups is 1. The van der Waals surface area contributed by atoms with E-state index < -0.39 is 0 Å². The fourth-order valence-electron chi connectivity index (χ4n) is 3.43. The first-order valence-electron chi connectivity index (χ1n) is 10.3. The second-order valence-corrected chi connectivity index (χ2v) is 7.17. The van der Waals surface area contributed by atoms with Crippen molar-refractivity contribution < 1.29 is 9.53 Å². The van der Waals surface area contributed by atoms with Gasteiger partial charge in [0.15, 0.2) is 5.96 Å². The van der Waals surface area contributed by atoms with Crippen molar-refractivity contribution in [1.82, 2.24) is 20.5 Å². The third-order valence-corrected chi connectivity index (χ3v) is 5.09. The Bertz CT molecular complexity index is 648. The molecular formula is C20H33IN6O2. The molecule has 8 nitrogen and oxygen atoms in total. The zero-order chi connectivity index (χ0) is 19.8. The van der Waals surface area contributed by atoms with Gasteiger partial charge in [-0.2, -0.15) is 0 Å². The number of alkyl carbamates (subject to hydrolysis) is 1. The molecule has 0 spiro atoms. The minimum absolute atomic E-state index is 0. The molecule has 2 N–H and O–H groups in total. The van der Waals surface area contributed by atoms with Crippen LogP contribution in [0, 0.1) is 5.92 Å². The summed E-state index contributed by atoms with van der Waals surface area (Å²) in [6.45, 7) is 9.28. The number of ether oxygens (including phenoxy) is 1. The number of hydrogen-bond donors (Lipinski definition) is 2. The first-order chi connectivity index (χ1) is 13.7. The maximum atomic E-state index is 11.8. The molecule has 1 saturated heterocycles. The molecule has 2 fully saturated rings. The van der Waals surface area contributed by atoms with Crippen LogP contribution < -0.4 is 15.5 Å². The zero-order valence-corrected chi connectivity index (χ0v) is 19.7. The monoisotopic (exact) mass is 516 g/mol. The van der Waals surface area contributed by atoms with E-state index in [0.717, 1.165) is 57.3 Å². The van der Waals surface area contributed by atoms with Crippen molar-refractivity contribution in [3.63, 3.8) is 0 Å². The van der Waals surface area contributed by atoms with E-state index in [0.29, 0.717) is 19.1 Å². The minimum atomic E-state index is -0.344. The van der Waals surface area contributed by atoms with E-state index in [4.69, 9.17) is 9.73 Å². The maximum Gasteiger partial charge on any atom is 0.407 e. The van der Waals surface area contributed by atoms with E-state index in [2.05, 4.69) is 38.4 Å².